The van der Waals surface area contributed by atoms with Gasteiger partial charge in [0.05, 0.1) is 6.21 Å². The van der Waals surface area contributed by atoms with Gasteiger partial charge in [0.1, 0.15) is 24.7 Å². The fourth-order valence-corrected chi connectivity index (χ4v) is 2.97. The smallest absolute Gasteiger partial charge is 0.271 e. The highest BCUT2D eigenvalue weighted by atomic mass is 79.9. The molecule has 3 aromatic rings. The molecule has 0 aliphatic rings. The van der Waals surface area contributed by atoms with Gasteiger partial charge in [0, 0.05) is 28.0 Å². The molecule has 1 N–H and O–H groups in total. The lowest BCUT2D eigenvalue weighted by Gasteiger charge is -2.11. The quantitative estimate of drug-likeness (QED) is 0.296. The molecule has 3 rings (SSSR count). The molecular formula is C23H22BrN3O3. The fraction of sp³-hybridized carbons (Fsp3) is 0.174. The molecule has 0 unspecified atom stereocenters. The van der Waals surface area contributed by atoms with Crippen LogP contribution in [-0.2, 0) is 0 Å². The Morgan fingerprint density at radius 1 is 1.03 bits per heavy atom. The van der Waals surface area contributed by atoms with Gasteiger partial charge in [-0.25, -0.2) is 5.43 Å². The number of hydrazone groups is 1. The van der Waals surface area contributed by atoms with Gasteiger partial charge in [0.2, 0.25) is 0 Å². The molecule has 0 fully saturated rings. The van der Waals surface area contributed by atoms with Gasteiger partial charge in [-0.2, -0.15) is 5.10 Å². The molecule has 0 aliphatic carbocycles. The maximum Gasteiger partial charge on any atom is 0.271 e. The summed E-state index contributed by atoms with van der Waals surface area (Å²) < 4.78 is 12.5. The molecule has 0 atom stereocenters. The number of hydrogen-bond acceptors (Lipinski definition) is 5. The summed E-state index contributed by atoms with van der Waals surface area (Å²) in [5.41, 5.74) is 6.13. The second-order valence-electron chi connectivity index (χ2n) is 6.56. The van der Waals surface area contributed by atoms with Crippen molar-refractivity contribution in [2.24, 2.45) is 5.10 Å². The summed E-state index contributed by atoms with van der Waals surface area (Å²) in [7, 11) is 0. The van der Waals surface area contributed by atoms with Crippen molar-refractivity contribution in [3.63, 3.8) is 0 Å². The van der Waals surface area contributed by atoms with E-state index in [4.69, 9.17) is 9.47 Å². The van der Waals surface area contributed by atoms with Gasteiger partial charge < -0.3 is 9.47 Å². The Hall–Kier alpha value is -3.19. The topological polar surface area (TPSA) is 72.8 Å². The van der Waals surface area contributed by atoms with Crippen molar-refractivity contribution in [3.05, 3.63) is 87.7 Å². The van der Waals surface area contributed by atoms with E-state index in [-0.39, 0.29) is 5.91 Å². The fourth-order valence-electron chi connectivity index (χ4n) is 2.59. The van der Waals surface area contributed by atoms with Gasteiger partial charge >= 0.3 is 0 Å². The van der Waals surface area contributed by atoms with Gasteiger partial charge in [-0.1, -0.05) is 22.0 Å². The van der Waals surface area contributed by atoms with Crippen LogP contribution in [0.1, 0.15) is 27.0 Å². The number of carbonyl (C=O) groups excluding carboxylic acids is 1. The number of amides is 1. The normalized spacial score (nSPS) is 10.8. The zero-order valence-corrected chi connectivity index (χ0v) is 18.3. The molecule has 1 heterocycles. The highest BCUT2D eigenvalue weighted by Crippen LogP contribution is 2.22. The third-order valence-electron chi connectivity index (χ3n) is 4.37. The number of nitrogens with one attached hydrogen (secondary N) is 1. The van der Waals surface area contributed by atoms with Gasteiger partial charge in [-0.05, 0) is 67.4 Å². The summed E-state index contributed by atoms with van der Waals surface area (Å²) in [4.78, 5) is 16.0. The lowest BCUT2D eigenvalue weighted by atomic mass is 10.1. The first-order chi connectivity index (χ1) is 14.5. The van der Waals surface area contributed by atoms with Gasteiger partial charge in [-0.15, -0.1) is 0 Å². The molecule has 0 saturated carbocycles. The lowest BCUT2D eigenvalue weighted by molar-refractivity contribution is 0.0955. The van der Waals surface area contributed by atoms with Crippen molar-refractivity contribution in [2.45, 2.75) is 13.8 Å². The number of carbonyl (C=O) groups is 1. The molecule has 2 aromatic carbocycles. The van der Waals surface area contributed by atoms with E-state index >= 15 is 0 Å². The van der Waals surface area contributed by atoms with Crippen LogP contribution in [-0.4, -0.2) is 30.3 Å². The number of rotatable bonds is 8. The second-order valence-corrected chi connectivity index (χ2v) is 7.48. The number of hydrogen-bond donors (Lipinski definition) is 1. The Balaban J connectivity index is 1.56. The Morgan fingerprint density at radius 2 is 1.80 bits per heavy atom. The molecule has 0 radical (unpaired) electrons. The molecule has 0 bridgehead atoms. The Bertz CT molecular complexity index is 1040. The molecule has 154 valence electrons. The molecule has 6 nitrogen and oxygen atoms in total. The number of aromatic nitrogens is 1. The lowest BCUT2D eigenvalue weighted by Crippen LogP contribution is -2.17. The van der Waals surface area contributed by atoms with Crippen molar-refractivity contribution in [3.8, 4) is 11.5 Å². The number of ether oxygens (including phenoxy) is 2. The van der Waals surface area contributed by atoms with Crippen LogP contribution in [0.5, 0.6) is 11.5 Å². The van der Waals surface area contributed by atoms with Crippen LogP contribution in [0.4, 0.5) is 0 Å². The average molecular weight is 468 g/mol. The molecule has 0 aliphatic heterocycles. The van der Waals surface area contributed by atoms with Crippen molar-refractivity contribution in [2.75, 3.05) is 13.2 Å². The summed E-state index contributed by atoms with van der Waals surface area (Å²) in [6.45, 7) is 4.91. The molecule has 0 saturated heterocycles. The van der Waals surface area contributed by atoms with Crippen LogP contribution < -0.4 is 14.9 Å². The number of halogens is 1. The second kappa shape index (κ2) is 10.5. The summed E-state index contributed by atoms with van der Waals surface area (Å²) in [5.74, 6) is 1.15. The van der Waals surface area contributed by atoms with E-state index in [1.807, 2.05) is 36.4 Å². The van der Waals surface area contributed by atoms with Crippen LogP contribution in [0.2, 0.25) is 0 Å². The zero-order chi connectivity index (χ0) is 21.3. The number of pyridine rings is 1. The number of aryl methyl sites for hydroxylation is 2. The Morgan fingerprint density at radius 3 is 2.57 bits per heavy atom. The summed E-state index contributed by atoms with van der Waals surface area (Å²) in [6.07, 6.45) is 4.65. The first kappa shape index (κ1) is 21.5. The van der Waals surface area contributed by atoms with E-state index in [1.165, 1.54) is 11.1 Å². The van der Waals surface area contributed by atoms with Crippen LogP contribution in [0.15, 0.2) is 70.5 Å². The predicted molar refractivity (Wildman–Crippen MR) is 120 cm³/mol. The standard InChI is InChI=1S/C23H22BrN3O3/c1-16-3-5-21(13-17(16)2)29-11-12-30-22-6-4-20(24)14-19(22)15-26-27-23(28)18-7-9-25-10-8-18/h3-10,13-15H,11-12H2,1-2H3,(H,27,28). The summed E-state index contributed by atoms with van der Waals surface area (Å²) in [5, 5.41) is 4.04. The first-order valence-electron chi connectivity index (χ1n) is 9.39. The molecule has 1 amide bonds. The predicted octanol–water partition coefficient (Wildman–Crippen LogP) is 4.68. The monoisotopic (exact) mass is 467 g/mol. The van der Waals surface area contributed by atoms with E-state index < -0.39 is 0 Å². The van der Waals surface area contributed by atoms with E-state index in [2.05, 4.69) is 45.3 Å². The minimum Gasteiger partial charge on any atom is -0.490 e. The maximum atomic E-state index is 12.1. The van der Waals surface area contributed by atoms with Crippen molar-refractivity contribution in [1.29, 1.82) is 0 Å². The van der Waals surface area contributed by atoms with Crippen LogP contribution in [0.3, 0.4) is 0 Å². The minimum atomic E-state index is -0.312. The molecular weight excluding hydrogens is 446 g/mol. The van der Waals surface area contributed by atoms with Crippen LogP contribution in [0, 0.1) is 13.8 Å². The molecule has 7 heteroatoms. The van der Waals surface area contributed by atoms with Crippen molar-refractivity contribution >= 4 is 28.1 Å². The number of nitrogens with zero attached hydrogens (tertiary/aromatic N) is 2. The van der Waals surface area contributed by atoms with Gasteiger partial charge in [0.25, 0.3) is 5.91 Å². The van der Waals surface area contributed by atoms with E-state index in [0.717, 1.165) is 15.8 Å². The zero-order valence-electron chi connectivity index (χ0n) is 16.8. The Labute approximate surface area is 184 Å². The summed E-state index contributed by atoms with van der Waals surface area (Å²) >= 11 is 3.44. The van der Waals surface area contributed by atoms with Gasteiger partial charge in [-0.3, -0.25) is 9.78 Å². The van der Waals surface area contributed by atoms with Crippen molar-refractivity contribution in [1.82, 2.24) is 10.4 Å². The van der Waals surface area contributed by atoms with Crippen molar-refractivity contribution < 1.29 is 14.3 Å². The molecule has 0 spiro atoms. The Kier molecular flexibility index (Phi) is 7.57. The van der Waals surface area contributed by atoms with E-state index in [1.54, 1.807) is 30.7 Å². The van der Waals surface area contributed by atoms with E-state index in [0.29, 0.717) is 24.5 Å². The van der Waals surface area contributed by atoms with Gasteiger partial charge in [0.15, 0.2) is 0 Å². The van der Waals surface area contributed by atoms with E-state index in [9.17, 15) is 4.79 Å². The molecule has 30 heavy (non-hydrogen) atoms. The summed E-state index contributed by atoms with van der Waals surface area (Å²) in [6, 6.07) is 14.8. The van der Waals surface area contributed by atoms with Crippen LogP contribution >= 0.6 is 15.9 Å². The molecule has 1 aromatic heterocycles. The highest BCUT2D eigenvalue weighted by molar-refractivity contribution is 9.10. The minimum absolute atomic E-state index is 0.312. The largest absolute Gasteiger partial charge is 0.490 e. The maximum absolute atomic E-state index is 12.1. The highest BCUT2D eigenvalue weighted by Gasteiger charge is 2.06. The number of benzene rings is 2. The third-order valence-corrected chi connectivity index (χ3v) is 4.87. The average Bonchev–Trinajstić information content (AvgIpc) is 2.75. The van der Waals surface area contributed by atoms with Crippen LogP contribution in [0.25, 0.3) is 0 Å². The first-order valence-corrected chi connectivity index (χ1v) is 10.2. The third kappa shape index (κ3) is 6.15. The SMILES string of the molecule is Cc1ccc(OCCOc2ccc(Br)cc2C=NNC(=O)c2ccncc2)cc1C.